The van der Waals surface area contributed by atoms with Crippen molar-refractivity contribution in [2.45, 2.75) is 40.5 Å². The topological polar surface area (TPSA) is 0 Å². The van der Waals surface area contributed by atoms with Gasteiger partial charge in [0.05, 0.1) is 0 Å². The van der Waals surface area contributed by atoms with Gasteiger partial charge in [0, 0.05) is 0 Å². The van der Waals surface area contributed by atoms with E-state index in [4.69, 9.17) is 0 Å². The summed E-state index contributed by atoms with van der Waals surface area (Å²) in [5, 5.41) is 0. The first kappa shape index (κ1) is 9.48. The van der Waals surface area contributed by atoms with Crippen molar-refractivity contribution in [3.05, 3.63) is 23.3 Å². The number of rotatable bonds is 0. The molecule has 0 fully saturated rings. The fourth-order valence-electron chi connectivity index (χ4n) is 1.05. The molecule has 0 aromatic carbocycles. The van der Waals surface area contributed by atoms with Gasteiger partial charge in [-0.25, -0.2) is 0 Å². The third-order valence-corrected chi connectivity index (χ3v) is 1.48. The first-order valence-electron chi connectivity index (χ1n) is 4.13. The zero-order valence-electron chi connectivity index (χ0n) is 7.57. The zero-order chi connectivity index (χ0) is 7.98. The minimum atomic E-state index is 1.24. The smallest absolute Gasteiger partial charge is 0.0285 e. The van der Waals surface area contributed by atoms with Crippen LogP contribution in [0.25, 0.3) is 0 Å². The maximum absolute atomic E-state index is 2.28. The van der Waals surface area contributed by atoms with E-state index in [-0.39, 0.29) is 0 Å². The van der Waals surface area contributed by atoms with E-state index < -0.39 is 0 Å². The molecule has 0 nitrogen and oxygen atoms in total. The summed E-state index contributed by atoms with van der Waals surface area (Å²) in [7, 11) is 0. The summed E-state index contributed by atoms with van der Waals surface area (Å²) in [5.41, 5.74) is 2.94. The van der Waals surface area contributed by atoms with Crippen LogP contribution in [0.5, 0.6) is 0 Å². The van der Waals surface area contributed by atoms with E-state index in [0.717, 1.165) is 0 Å². The van der Waals surface area contributed by atoms with E-state index in [1.54, 1.807) is 0 Å². The molecule has 0 heteroatoms. The fourth-order valence-corrected chi connectivity index (χ4v) is 1.05. The van der Waals surface area contributed by atoms with Crippen LogP contribution >= 0.6 is 0 Å². The second-order valence-electron chi connectivity index (χ2n) is 2.48. The first-order valence-corrected chi connectivity index (χ1v) is 4.13. The van der Waals surface area contributed by atoms with Crippen molar-refractivity contribution in [2.75, 3.05) is 0 Å². The van der Waals surface area contributed by atoms with Crippen LogP contribution in [0.4, 0.5) is 0 Å². The monoisotopic (exact) mass is 138 g/mol. The quantitative estimate of drug-likeness (QED) is 0.479. The van der Waals surface area contributed by atoms with Gasteiger partial charge >= 0.3 is 0 Å². The lowest BCUT2D eigenvalue weighted by molar-refractivity contribution is 0.945. The van der Waals surface area contributed by atoms with Crippen molar-refractivity contribution in [1.29, 1.82) is 0 Å². The molecule has 58 valence electrons. The van der Waals surface area contributed by atoms with Crippen LogP contribution in [0.15, 0.2) is 23.3 Å². The molecule has 0 atom stereocenters. The highest BCUT2D eigenvalue weighted by atomic mass is 14.0. The molecular formula is C10H18. The lowest BCUT2D eigenvalue weighted by Crippen LogP contribution is -1.84. The van der Waals surface area contributed by atoms with Crippen molar-refractivity contribution >= 4 is 0 Å². The van der Waals surface area contributed by atoms with E-state index in [2.05, 4.69) is 26.0 Å². The third-order valence-electron chi connectivity index (χ3n) is 1.48. The van der Waals surface area contributed by atoms with E-state index >= 15 is 0 Å². The van der Waals surface area contributed by atoms with Gasteiger partial charge in [-0.05, 0) is 26.7 Å². The molecule has 0 bridgehead atoms. The molecule has 0 saturated heterocycles. The van der Waals surface area contributed by atoms with Crippen molar-refractivity contribution in [2.24, 2.45) is 0 Å². The summed E-state index contributed by atoms with van der Waals surface area (Å²) >= 11 is 0. The summed E-state index contributed by atoms with van der Waals surface area (Å²) in [6, 6.07) is 0. The molecule has 0 radical (unpaired) electrons. The summed E-state index contributed by atoms with van der Waals surface area (Å²) in [6.45, 7) is 8.35. The molecule has 0 aromatic heterocycles. The van der Waals surface area contributed by atoms with Gasteiger partial charge in [-0.1, -0.05) is 37.1 Å². The van der Waals surface area contributed by atoms with Crippen LogP contribution in [0.2, 0.25) is 0 Å². The Kier molecular flexibility index (Phi) is 5.00. The third kappa shape index (κ3) is 3.49. The van der Waals surface area contributed by atoms with Crippen LogP contribution in [-0.4, -0.2) is 0 Å². The Balaban J connectivity index is 0.000000371. The summed E-state index contributed by atoms with van der Waals surface area (Å²) in [4.78, 5) is 0. The molecule has 1 rings (SSSR count). The molecule has 0 spiro atoms. The van der Waals surface area contributed by atoms with Gasteiger partial charge in [0.2, 0.25) is 0 Å². The summed E-state index contributed by atoms with van der Waals surface area (Å²) in [5.74, 6) is 0. The lowest BCUT2D eigenvalue weighted by atomic mass is 10.0. The molecule has 0 aromatic rings. The van der Waals surface area contributed by atoms with Crippen molar-refractivity contribution in [3.63, 3.8) is 0 Å². The average molecular weight is 138 g/mol. The van der Waals surface area contributed by atoms with E-state index in [9.17, 15) is 0 Å². The highest BCUT2D eigenvalue weighted by Crippen LogP contribution is 2.14. The Hall–Kier alpha value is -0.520. The Morgan fingerprint density at radius 2 is 1.80 bits per heavy atom. The van der Waals surface area contributed by atoms with E-state index in [0.29, 0.717) is 0 Å². The summed E-state index contributed by atoms with van der Waals surface area (Å²) < 4.78 is 0. The van der Waals surface area contributed by atoms with Crippen molar-refractivity contribution < 1.29 is 0 Å². The van der Waals surface area contributed by atoms with Gasteiger partial charge in [0.25, 0.3) is 0 Å². The second-order valence-corrected chi connectivity index (χ2v) is 2.48. The molecule has 0 N–H and O–H groups in total. The molecule has 1 aliphatic rings. The molecule has 0 unspecified atom stereocenters. The Morgan fingerprint density at radius 1 is 1.20 bits per heavy atom. The van der Waals surface area contributed by atoms with Gasteiger partial charge in [0.15, 0.2) is 0 Å². The molecule has 0 saturated carbocycles. The van der Waals surface area contributed by atoms with Crippen LogP contribution in [0, 0.1) is 0 Å². The molecule has 0 amide bonds. The van der Waals surface area contributed by atoms with Crippen LogP contribution in [-0.2, 0) is 0 Å². The van der Waals surface area contributed by atoms with Gasteiger partial charge in [-0.15, -0.1) is 0 Å². The minimum absolute atomic E-state index is 1.24. The van der Waals surface area contributed by atoms with Gasteiger partial charge in [-0.3, -0.25) is 0 Å². The standard InChI is InChI=1S/C8H12.C2H6/c1-7-4-3-5-8(2)6-7;1-2/h4,6H,3,5H2,1-2H3;1-2H3. The van der Waals surface area contributed by atoms with E-state index in [1.165, 1.54) is 24.0 Å². The summed E-state index contributed by atoms with van der Waals surface area (Å²) in [6.07, 6.45) is 7.04. The normalized spacial score (nSPS) is 16.4. The highest BCUT2D eigenvalue weighted by Gasteiger charge is 1.94. The number of allylic oxidation sites excluding steroid dienone is 4. The van der Waals surface area contributed by atoms with Crippen molar-refractivity contribution in [1.82, 2.24) is 0 Å². The number of hydrogen-bond acceptors (Lipinski definition) is 0. The first-order chi connectivity index (χ1) is 4.79. The van der Waals surface area contributed by atoms with Crippen LogP contribution in [0.1, 0.15) is 40.5 Å². The van der Waals surface area contributed by atoms with Crippen LogP contribution < -0.4 is 0 Å². The van der Waals surface area contributed by atoms with Crippen LogP contribution in [0.3, 0.4) is 0 Å². The maximum Gasteiger partial charge on any atom is -0.0285 e. The second kappa shape index (κ2) is 5.28. The SMILES string of the molecule is CC.CC1=CCCC(C)=C1. The largest absolute Gasteiger partial charge is 0.0813 e. The molecular weight excluding hydrogens is 120 g/mol. The minimum Gasteiger partial charge on any atom is -0.0813 e. The number of hydrogen-bond donors (Lipinski definition) is 0. The highest BCUT2D eigenvalue weighted by molar-refractivity contribution is 5.24. The predicted molar refractivity (Wildman–Crippen MR) is 48.1 cm³/mol. The molecule has 0 aliphatic heterocycles. The zero-order valence-corrected chi connectivity index (χ0v) is 7.57. The molecule has 1 aliphatic carbocycles. The van der Waals surface area contributed by atoms with E-state index in [1.807, 2.05) is 13.8 Å². The predicted octanol–water partition coefficient (Wildman–Crippen LogP) is 3.70. The Morgan fingerprint density at radius 3 is 2.10 bits per heavy atom. The average Bonchev–Trinajstić information content (AvgIpc) is 1.91. The fraction of sp³-hybridized carbons (Fsp3) is 0.600. The van der Waals surface area contributed by atoms with Gasteiger partial charge in [0.1, 0.15) is 0 Å². The Labute approximate surface area is 64.6 Å². The molecule has 0 heterocycles. The van der Waals surface area contributed by atoms with Gasteiger partial charge in [-0.2, -0.15) is 0 Å². The van der Waals surface area contributed by atoms with Gasteiger partial charge < -0.3 is 0 Å². The lowest BCUT2D eigenvalue weighted by Gasteiger charge is -2.04. The van der Waals surface area contributed by atoms with Crippen molar-refractivity contribution in [3.8, 4) is 0 Å². The molecule has 10 heavy (non-hydrogen) atoms. The maximum atomic E-state index is 2.28. The Bertz CT molecular complexity index is 138.